The molecule has 0 saturated heterocycles. The average molecular weight is 640 g/mol. The first-order valence-corrected chi connectivity index (χ1v) is 16.0. The fourth-order valence-electron chi connectivity index (χ4n) is 5.09. The smallest absolute Gasteiger partial charge is 0.408 e. The molecule has 0 radical (unpaired) electrons. The average Bonchev–Trinajstić information content (AvgIpc) is 2.94. The molecule has 3 amide bonds. The number of aryl methyl sites for hydroxylation is 2. The number of nitrogens with one attached hydrogen (secondary N) is 2. The van der Waals surface area contributed by atoms with Crippen LogP contribution in [0.3, 0.4) is 0 Å². The Morgan fingerprint density at radius 2 is 1.39 bits per heavy atom. The Balaban J connectivity index is 2.63. The van der Waals surface area contributed by atoms with Gasteiger partial charge in [-0.2, -0.15) is 0 Å². The summed E-state index contributed by atoms with van der Waals surface area (Å²) in [5.74, 6) is -1.83. The van der Waals surface area contributed by atoms with Gasteiger partial charge in [-0.1, -0.05) is 68.3 Å². The van der Waals surface area contributed by atoms with Gasteiger partial charge in [0.15, 0.2) is 0 Å². The van der Waals surface area contributed by atoms with E-state index >= 15 is 0 Å². The number of alkyl carbamates (subject to hydrolysis) is 1. The van der Waals surface area contributed by atoms with Crippen LogP contribution in [0.2, 0.25) is 0 Å². The number of carbonyl (C=O) groups excluding carboxylic acids is 4. The zero-order chi connectivity index (χ0) is 34.7. The number of benzene rings is 2. The lowest BCUT2D eigenvalue weighted by Crippen LogP contribution is -2.56. The number of aliphatic hydroxyl groups excluding tert-OH is 1. The van der Waals surface area contributed by atoms with E-state index in [2.05, 4.69) is 10.6 Å². The number of hydrogen-bond acceptors (Lipinski definition) is 7. The van der Waals surface area contributed by atoms with Crippen molar-refractivity contribution in [2.75, 3.05) is 13.2 Å². The molecule has 254 valence electrons. The molecule has 2 rings (SSSR count). The third kappa shape index (κ3) is 12.1. The number of ether oxygens (including phenoxy) is 2. The van der Waals surface area contributed by atoms with E-state index in [1.54, 1.807) is 41.5 Å². The number of esters is 1. The fourth-order valence-corrected chi connectivity index (χ4v) is 5.09. The molecule has 3 N–H and O–H groups in total. The van der Waals surface area contributed by atoms with Gasteiger partial charge in [0.1, 0.15) is 29.3 Å². The summed E-state index contributed by atoms with van der Waals surface area (Å²) in [6, 6.07) is 11.3. The largest absolute Gasteiger partial charge is 0.458 e. The monoisotopic (exact) mass is 639 g/mol. The van der Waals surface area contributed by atoms with Crippen molar-refractivity contribution in [3.8, 4) is 0 Å². The van der Waals surface area contributed by atoms with Crippen LogP contribution in [-0.4, -0.2) is 70.3 Å². The Labute approximate surface area is 274 Å². The van der Waals surface area contributed by atoms with Crippen molar-refractivity contribution in [3.05, 3.63) is 70.8 Å². The van der Waals surface area contributed by atoms with Crippen molar-refractivity contribution >= 4 is 23.9 Å². The van der Waals surface area contributed by atoms with Crippen LogP contribution in [0.25, 0.3) is 0 Å². The number of nitrogens with zero attached hydrogens (tertiary/aromatic N) is 1. The zero-order valence-corrected chi connectivity index (χ0v) is 28.9. The van der Waals surface area contributed by atoms with Crippen molar-refractivity contribution in [3.63, 3.8) is 0 Å². The number of rotatable bonds is 14. The highest BCUT2D eigenvalue weighted by Crippen LogP contribution is 2.29. The Kier molecular flexibility index (Phi) is 14.2. The molecule has 0 spiro atoms. The quantitative estimate of drug-likeness (QED) is 0.188. The second-order valence-electron chi connectivity index (χ2n) is 13.6. The van der Waals surface area contributed by atoms with Gasteiger partial charge >= 0.3 is 12.1 Å². The van der Waals surface area contributed by atoms with Crippen LogP contribution in [-0.2, 0) is 30.3 Å². The Bertz CT molecular complexity index is 1290. The lowest BCUT2D eigenvalue weighted by molar-refractivity contribution is -0.159. The number of hydrogen-bond donors (Lipinski definition) is 3. The van der Waals surface area contributed by atoms with Gasteiger partial charge in [0, 0.05) is 13.0 Å². The van der Waals surface area contributed by atoms with E-state index in [9.17, 15) is 24.3 Å². The summed E-state index contributed by atoms with van der Waals surface area (Å²) in [5, 5.41) is 15.7. The first-order chi connectivity index (χ1) is 21.5. The highest BCUT2D eigenvalue weighted by atomic mass is 16.6. The Morgan fingerprint density at radius 1 is 0.804 bits per heavy atom. The molecule has 0 fully saturated rings. The molecule has 0 aromatic heterocycles. The summed E-state index contributed by atoms with van der Waals surface area (Å²) in [6.45, 7) is 15.5. The van der Waals surface area contributed by atoms with E-state index in [4.69, 9.17) is 9.47 Å². The van der Waals surface area contributed by atoms with Crippen molar-refractivity contribution in [1.29, 1.82) is 0 Å². The van der Waals surface area contributed by atoms with Gasteiger partial charge in [0.2, 0.25) is 11.8 Å². The number of carbonyl (C=O) groups is 4. The van der Waals surface area contributed by atoms with Crippen molar-refractivity contribution in [2.24, 2.45) is 0 Å². The molecule has 10 heteroatoms. The van der Waals surface area contributed by atoms with E-state index < -0.39 is 59.8 Å². The fraction of sp³-hybridized carbons (Fsp3) is 0.556. The molecule has 0 aliphatic rings. The van der Waals surface area contributed by atoms with Gasteiger partial charge in [-0.15, -0.1) is 0 Å². The topological polar surface area (TPSA) is 134 Å². The maximum Gasteiger partial charge on any atom is 0.408 e. The molecular formula is C36H53N3O7. The van der Waals surface area contributed by atoms with E-state index in [0.29, 0.717) is 12.0 Å². The van der Waals surface area contributed by atoms with Crippen molar-refractivity contribution in [1.82, 2.24) is 15.5 Å². The molecule has 0 saturated carbocycles. The normalized spacial score (nSPS) is 13.6. The maximum absolute atomic E-state index is 14.5. The van der Waals surface area contributed by atoms with E-state index in [0.717, 1.165) is 29.5 Å². The first kappa shape index (κ1) is 38.3. The summed E-state index contributed by atoms with van der Waals surface area (Å²) in [6.07, 6.45) is 1.52. The van der Waals surface area contributed by atoms with E-state index in [1.165, 1.54) is 4.90 Å². The van der Waals surface area contributed by atoms with Crippen molar-refractivity contribution < 1.29 is 33.8 Å². The molecule has 3 unspecified atom stereocenters. The minimum Gasteiger partial charge on any atom is -0.458 e. The molecule has 0 aliphatic carbocycles. The Hall–Kier alpha value is -3.92. The number of aliphatic hydroxyl groups is 1. The standard InChI is InChI=1S/C36H53N3O7/c1-10-11-15-21-39(32(42)28(23-40)38-34(44)46-36(7,8)9)30(29-24(2)17-16-18-25(29)3)31(41)37-27(33(43)45-35(4,5)6)22-26-19-13-12-14-20-26/h12-14,16-20,27-28,30,40H,10-11,15,21-23H2,1-9H3,(H,37,41)(H,38,44). The van der Waals surface area contributed by atoms with Crippen LogP contribution in [0.1, 0.15) is 96.0 Å². The predicted octanol–water partition coefficient (Wildman–Crippen LogP) is 5.32. The molecule has 0 heterocycles. The minimum absolute atomic E-state index is 0.167. The predicted molar refractivity (Wildman–Crippen MR) is 178 cm³/mol. The molecule has 2 aromatic rings. The van der Waals surface area contributed by atoms with Crippen LogP contribution >= 0.6 is 0 Å². The molecule has 0 aliphatic heterocycles. The molecular weight excluding hydrogens is 586 g/mol. The van der Waals surface area contributed by atoms with Crippen LogP contribution in [0, 0.1) is 13.8 Å². The summed E-state index contributed by atoms with van der Waals surface area (Å²) < 4.78 is 11.0. The lowest BCUT2D eigenvalue weighted by Gasteiger charge is -2.36. The van der Waals surface area contributed by atoms with Gasteiger partial charge in [0.25, 0.3) is 0 Å². The summed E-state index contributed by atoms with van der Waals surface area (Å²) in [5.41, 5.74) is 1.33. The van der Waals surface area contributed by atoms with Gasteiger partial charge in [-0.25, -0.2) is 9.59 Å². The SMILES string of the molecule is CCCCCN(C(=O)C(CO)NC(=O)OC(C)(C)C)C(C(=O)NC(Cc1ccccc1)C(=O)OC(C)(C)C)c1c(C)cccc1C. The van der Waals surface area contributed by atoms with Crippen LogP contribution in [0.5, 0.6) is 0 Å². The summed E-state index contributed by atoms with van der Waals surface area (Å²) >= 11 is 0. The minimum atomic E-state index is -1.37. The molecule has 0 bridgehead atoms. The summed E-state index contributed by atoms with van der Waals surface area (Å²) in [4.78, 5) is 56.3. The molecule has 46 heavy (non-hydrogen) atoms. The van der Waals surface area contributed by atoms with Crippen LogP contribution in [0.15, 0.2) is 48.5 Å². The van der Waals surface area contributed by atoms with Crippen molar-refractivity contribution in [2.45, 2.75) is 117 Å². The second kappa shape index (κ2) is 17.1. The highest BCUT2D eigenvalue weighted by molar-refractivity contribution is 5.94. The third-order valence-corrected chi connectivity index (χ3v) is 7.12. The van der Waals surface area contributed by atoms with E-state index in [1.807, 2.05) is 69.3 Å². The number of amides is 3. The second-order valence-corrected chi connectivity index (χ2v) is 13.6. The molecule has 10 nitrogen and oxygen atoms in total. The lowest BCUT2D eigenvalue weighted by atomic mass is 9.93. The van der Waals surface area contributed by atoms with E-state index in [-0.39, 0.29) is 13.0 Å². The maximum atomic E-state index is 14.5. The third-order valence-electron chi connectivity index (χ3n) is 7.12. The van der Waals surface area contributed by atoms with Gasteiger partial charge in [-0.3, -0.25) is 9.59 Å². The van der Waals surface area contributed by atoms with Gasteiger partial charge in [-0.05, 0) is 84.1 Å². The highest BCUT2D eigenvalue weighted by Gasteiger charge is 2.39. The molecule has 3 atom stereocenters. The zero-order valence-electron chi connectivity index (χ0n) is 28.9. The first-order valence-electron chi connectivity index (χ1n) is 16.0. The van der Waals surface area contributed by atoms with Gasteiger partial charge < -0.3 is 30.1 Å². The molecule has 2 aromatic carbocycles. The Morgan fingerprint density at radius 3 is 1.91 bits per heavy atom. The number of unbranched alkanes of at least 4 members (excludes halogenated alkanes) is 2. The van der Waals surface area contributed by atoms with Crippen LogP contribution in [0.4, 0.5) is 4.79 Å². The summed E-state index contributed by atoms with van der Waals surface area (Å²) in [7, 11) is 0. The van der Waals surface area contributed by atoms with Gasteiger partial charge in [0.05, 0.1) is 6.61 Å². The van der Waals surface area contributed by atoms with Crippen LogP contribution < -0.4 is 10.6 Å².